The molecule has 0 bridgehead atoms. The molecule has 1 aromatic carbocycles. The predicted octanol–water partition coefficient (Wildman–Crippen LogP) is 2.08. The Bertz CT molecular complexity index is 485. The van der Waals surface area contributed by atoms with Crippen LogP contribution in [0.4, 0.5) is 18.9 Å². The number of amides is 1. The number of hydrogen-bond donors (Lipinski definition) is 1. The van der Waals surface area contributed by atoms with Crippen LogP contribution in [0.2, 0.25) is 0 Å². The van der Waals surface area contributed by atoms with Crippen molar-refractivity contribution in [2.75, 3.05) is 11.4 Å². The Kier molecular flexibility index (Phi) is 3.06. The summed E-state index contributed by atoms with van der Waals surface area (Å²) in [5.74, 6) is -0.237. The van der Waals surface area contributed by atoms with Crippen LogP contribution in [-0.2, 0) is 11.0 Å². The van der Waals surface area contributed by atoms with Gasteiger partial charge in [0.25, 0.3) is 0 Å². The van der Waals surface area contributed by atoms with Crippen LogP contribution in [0.15, 0.2) is 18.2 Å². The van der Waals surface area contributed by atoms with E-state index in [1.54, 1.807) is 0 Å². The van der Waals surface area contributed by atoms with Gasteiger partial charge in [-0.25, -0.2) is 0 Å². The van der Waals surface area contributed by atoms with E-state index in [0.29, 0.717) is 0 Å². The lowest BCUT2D eigenvalue weighted by molar-refractivity contribution is -0.138. The molecule has 2 N–H and O–H groups in total. The summed E-state index contributed by atoms with van der Waals surface area (Å²) in [6, 6.07) is 3.58. The Morgan fingerprint density at radius 1 is 1.39 bits per heavy atom. The highest BCUT2D eigenvalue weighted by Crippen LogP contribution is 2.35. The number of nitrogens with two attached hydrogens (primary N) is 1. The zero-order chi connectivity index (χ0) is 13.5. The van der Waals surface area contributed by atoms with Crippen molar-refractivity contribution in [2.45, 2.75) is 25.6 Å². The van der Waals surface area contributed by atoms with Crippen LogP contribution in [0, 0.1) is 6.92 Å². The standard InChI is InChI=1S/C12H13F3N2O/c1-7-2-3-9(5-10(7)12(13,14)15)17-6-8(16)4-11(17)18/h2-3,5,8H,4,6,16H2,1H3. The summed E-state index contributed by atoms with van der Waals surface area (Å²) in [5.41, 5.74) is 5.30. The van der Waals surface area contributed by atoms with Gasteiger partial charge in [-0.05, 0) is 24.6 Å². The lowest BCUT2D eigenvalue weighted by atomic mass is 10.1. The SMILES string of the molecule is Cc1ccc(N2CC(N)CC2=O)cc1C(F)(F)F. The number of hydrogen-bond acceptors (Lipinski definition) is 2. The summed E-state index contributed by atoms with van der Waals surface area (Å²) in [6.45, 7) is 1.66. The van der Waals surface area contributed by atoms with E-state index in [4.69, 9.17) is 5.73 Å². The molecule has 98 valence electrons. The molecule has 0 aliphatic carbocycles. The maximum atomic E-state index is 12.8. The predicted molar refractivity (Wildman–Crippen MR) is 61.1 cm³/mol. The average Bonchev–Trinajstić information content (AvgIpc) is 2.57. The highest BCUT2D eigenvalue weighted by atomic mass is 19.4. The number of halogens is 3. The third-order valence-corrected chi connectivity index (χ3v) is 2.99. The van der Waals surface area contributed by atoms with Crippen molar-refractivity contribution >= 4 is 11.6 Å². The Morgan fingerprint density at radius 2 is 2.06 bits per heavy atom. The van der Waals surface area contributed by atoms with E-state index in [1.807, 2.05) is 0 Å². The molecule has 1 aliphatic heterocycles. The highest BCUT2D eigenvalue weighted by molar-refractivity contribution is 5.96. The van der Waals surface area contributed by atoms with E-state index < -0.39 is 11.7 Å². The number of aryl methyl sites for hydroxylation is 1. The molecule has 1 saturated heterocycles. The summed E-state index contributed by atoms with van der Waals surface area (Å²) in [6.07, 6.45) is -4.24. The topological polar surface area (TPSA) is 46.3 Å². The molecule has 2 rings (SSSR count). The number of nitrogens with zero attached hydrogens (tertiary/aromatic N) is 1. The molecule has 1 fully saturated rings. The van der Waals surface area contributed by atoms with Gasteiger partial charge in [-0.15, -0.1) is 0 Å². The van der Waals surface area contributed by atoms with E-state index in [2.05, 4.69) is 0 Å². The van der Waals surface area contributed by atoms with Gasteiger partial charge >= 0.3 is 6.18 Å². The van der Waals surface area contributed by atoms with Crippen LogP contribution in [0.25, 0.3) is 0 Å². The lowest BCUT2D eigenvalue weighted by Gasteiger charge is -2.19. The summed E-state index contributed by atoms with van der Waals surface area (Å²) < 4.78 is 38.3. The first-order valence-electron chi connectivity index (χ1n) is 5.53. The van der Waals surface area contributed by atoms with Gasteiger partial charge in [0.2, 0.25) is 5.91 Å². The van der Waals surface area contributed by atoms with E-state index >= 15 is 0 Å². The maximum Gasteiger partial charge on any atom is 0.416 e. The second kappa shape index (κ2) is 4.28. The second-order valence-electron chi connectivity index (χ2n) is 4.47. The minimum absolute atomic E-state index is 0.141. The molecule has 1 atom stereocenters. The Labute approximate surface area is 102 Å². The number of anilines is 1. The van der Waals surface area contributed by atoms with Crippen LogP contribution in [0.5, 0.6) is 0 Å². The molecule has 0 spiro atoms. The number of benzene rings is 1. The van der Waals surface area contributed by atoms with Crippen molar-refractivity contribution in [3.05, 3.63) is 29.3 Å². The molecule has 1 unspecified atom stereocenters. The van der Waals surface area contributed by atoms with Crippen LogP contribution in [0.3, 0.4) is 0 Å². The van der Waals surface area contributed by atoms with Gasteiger partial charge in [0.15, 0.2) is 0 Å². The molecule has 1 amide bonds. The number of carbonyl (C=O) groups excluding carboxylic acids is 1. The fourth-order valence-electron chi connectivity index (χ4n) is 2.07. The van der Waals surface area contributed by atoms with Crippen molar-refractivity contribution in [1.82, 2.24) is 0 Å². The molecule has 1 heterocycles. The van der Waals surface area contributed by atoms with Crippen LogP contribution >= 0.6 is 0 Å². The smallest absolute Gasteiger partial charge is 0.326 e. The van der Waals surface area contributed by atoms with Crippen LogP contribution < -0.4 is 10.6 Å². The molecule has 6 heteroatoms. The van der Waals surface area contributed by atoms with E-state index in [-0.39, 0.29) is 36.2 Å². The molecule has 18 heavy (non-hydrogen) atoms. The van der Waals surface area contributed by atoms with Crippen molar-refractivity contribution < 1.29 is 18.0 Å². The van der Waals surface area contributed by atoms with Crippen molar-refractivity contribution in [3.63, 3.8) is 0 Å². The van der Waals surface area contributed by atoms with Crippen LogP contribution in [0.1, 0.15) is 17.5 Å². The van der Waals surface area contributed by atoms with E-state index in [1.165, 1.54) is 24.0 Å². The number of alkyl halides is 3. The zero-order valence-electron chi connectivity index (χ0n) is 9.79. The molecule has 0 radical (unpaired) electrons. The first-order valence-corrected chi connectivity index (χ1v) is 5.53. The molecule has 1 aromatic rings. The molecule has 1 aliphatic rings. The van der Waals surface area contributed by atoms with Gasteiger partial charge in [0.1, 0.15) is 0 Å². The van der Waals surface area contributed by atoms with Gasteiger partial charge in [-0.2, -0.15) is 13.2 Å². The van der Waals surface area contributed by atoms with Gasteiger partial charge in [0, 0.05) is 24.7 Å². The summed E-state index contributed by atoms with van der Waals surface area (Å²) in [7, 11) is 0. The molecule has 3 nitrogen and oxygen atoms in total. The third-order valence-electron chi connectivity index (χ3n) is 2.99. The fraction of sp³-hybridized carbons (Fsp3) is 0.417. The quantitative estimate of drug-likeness (QED) is 0.838. The minimum Gasteiger partial charge on any atom is -0.326 e. The van der Waals surface area contributed by atoms with Gasteiger partial charge in [-0.1, -0.05) is 6.07 Å². The Morgan fingerprint density at radius 3 is 2.56 bits per heavy atom. The molecule has 0 saturated carbocycles. The van der Waals surface area contributed by atoms with Gasteiger partial charge < -0.3 is 10.6 Å². The second-order valence-corrected chi connectivity index (χ2v) is 4.47. The number of carbonyl (C=O) groups is 1. The normalized spacial score (nSPS) is 20.6. The minimum atomic E-state index is -4.41. The lowest BCUT2D eigenvalue weighted by Crippen LogP contribution is -2.28. The Hall–Kier alpha value is -1.56. The van der Waals surface area contributed by atoms with Gasteiger partial charge in [-0.3, -0.25) is 4.79 Å². The fourth-order valence-corrected chi connectivity index (χ4v) is 2.07. The van der Waals surface area contributed by atoms with Crippen molar-refractivity contribution in [3.8, 4) is 0 Å². The maximum absolute atomic E-state index is 12.8. The summed E-state index contributed by atoms with van der Waals surface area (Å²) in [5, 5.41) is 0. The van der Waals surface area contributed by atoms with Crippen molar-refractivity contribution in [2.24, 2.45) is 5.73 Å². The molecular weight excluding hydrogens is 245 g/mol. The highest BCUT2D eigenvalue weighted by Gasteiger charge is 2.34. The van der Waals surface area contributed by atoms with E-state index in [0.717, 1.165) is 6.07 Å². The Balaban J connectivity index is 2.39. The largest absolute Gasteiger partial charge is 0.416 e. The summed E-state index contributed by atoms with van der Waals surface area (Å²) >= 11 is 0. The monoisotopic (exact) mass is 258 g/mol. The van der Waals surface area contributed by atoms with Crippen molar-refractivity contribution in [1.29, 1.82) is 0 Å². The number of rotatable bonds is 1. The van der Waals surface area contributed by atoms with Crippen LogP contribution in [-0.4, -0.2) is 18.5 Å². The average molecular weight is 258 g/mol. The van der Waals surface area contributed by atoms with Gasteiger partial charge in [0.05, 0.1) is 5.56 Å². The zero-order valence-corrected chi connectivity index (χ0v) is 9.79. The third kappa shape index (κ3) is 2.33. The molecule has 0 aromatic heterocycles. The first kappa shape index (κ1) is 12.9. The first-order chi connectivity index (χ1) is 8.29. The molecular formula is C12H13F3N2O. The van der Waals surface area contributed by atoms with E-state index in [9.17, 15) is 18.0 Å². The summed E-state index contributed by atoms with van der Waals surface area (Å²) in [4.78, 5) is 12.9.